The van der Waals surface area contributed by atoms with Crippen LogP contribution >= 0.6 is 11.6 Å². The zero-order valence-corrected chi connectivity index (χ0v) is 8.95. The Morgan fingerprint density at radius 2 is 1.93 bits per heavy atom. The molecule has 3 heteroatoms. The molecule has 0 amide bonds. The number of carbonyl (C=O) groups excluding carboxylic acids is 1. The molecular weight excluding hydrogens is 200 g/mol. The molecule has 1 aromatic rings. The number of benzene rings is 1. The third-order valence-electron chi connectivity index (χ3n) is 2.04. The summed E-state index contributed by atoms with van der Waals surface area (Å²) in [5.74, 6) is -0.403. The molecule has 0 radical (unpaired) electrons. The fourth-order valence-corrected chi connectivity index (χ4v) is 1.40. The third-order valence-corrected chi connectivity index (χ3v) is 2.38. The van der Waals surface area contributed by atoms with Crippen molar-refractivity contribution >= 4 is 17.4 Å². The Hall–Kier alpha value is -0.860. The smallest absolute Gasteiger partial charge is 0.168 e. The van der Waals surface area contributed by atoms with Gasteiger partial charge in [-0.05, 0) is 6.07 Å². The van der Waals surface area contributed by atoms with Crippen molar-refractivity contribution in [2.75, 3.05) is 0 Å². The van der Waals surface area contributed by atoms with Crippen LogP contribution in [0.2, 0.25) is 5.02 Å². The second-order valence-corrected chi connectivity index (χ2v) is 3.89. The van der Waals surface area contributed by atoms with E-state index in [0.29, 0.717) is 10.6 Å². The molecule has 0 aliphatic rings. The lowest BCUT2D eigenvalue weighted by molar-refractivity contribution is -0.130. The fourth-order valence-electron chi connectivity index (χ4n) is 1.17. The number of ketones is 1. The van der Waals surface area contributed by atoms with Crippen molar-refractivity contribution in [2.45, 2.75) is 20.0 Å². The molecule has 1 N–H and O–H groups in total. The van der Waals surface area contributed by atoms with Gasteiger partial charge in [-0.2, -0.15) is 0 Å². The van der Waals surface area contributed by atoms with Crippen LogP contribution in [0.1, 0.15) is 25.5 Å². The van der Waals surface area contributed by atoms with Gasteiger partial charge in [0.05, 0.1) is 0 Å². The van der Waals surface area contributed by atoms with E-state index in [9.17, 15) is 9.90 Å². The maximum absolute atomic E-state index is 11.5. The first-order valence-electron chi connectivity index (χ1n) is 4.50. The van der Waals surface area contributed by atoms with Crippen LogP contribution in [0, 0.1) is 5.92 Å². The van der Waals surface area contributed by atoms with E-state index in [2.05, 4.69) is 0 Å². The van der Waals surface area contributed by atoms with E-state index in [1.165, 1.54) is 0 Å². The van der Waals surface area contributed by atoms with E-state index in [4.69, 9.17) is 11.6 Å². The molecule has 0 bridgehead atoms. The lowest BCUT2D eigenvalue weighted by atomic mass is 9.98. The topological polar surface area (TPSA) is 37.3 Å². The van der Waals surface area contributed by atoms with E-state index < -0.39 is 6.10 Å². The largest absolute Gasteiger partial charge is 0.380 e. The summed E-state index contributed by atoms with van der Waals surface area (Å²) in [7, 11) is 0. The van der Waals surface area contributed by atoms with E-state index in [0.717, 1.165) is 0 Å². The van der Waals surface area contributed by atoms with Gasteiger partial charge in [-0.25, -0.2) is 0 Å². The van der Waals surface area contributed by atoms with Gasteiger partial charge < -0.3 is 5.11 Å². The van der Waals surface area contributed by atoms with E-state index in [1.54, 1.807) is 38.1 Å². The summed E-state index contributed by atoms with van der Waals surface area (Å²) in [6, 6.07) is 6.83. The molecule has 2 nitrogen and oxygen atoms in total. The molecule has 0 saturated carbocycles. The molecule has 14 heavy (non-hydrogen) atoms. The van der Waals surface area contributed by atoms with Gasteiger partial charge in [-0.3, -0.25) is 4.79 Å². The van der Waals surface area contributed by atoms with Crippen LogP contribution < -0.4 is 0 Å². The third kappa shape index (κ3) is 2.34. The second-order valence-electron chi connectivity index (χ2n) is 3.48. The van der Waals surface area contributed by atoms with Crippen molar-refractivity contribution in [3.05, 3.63) is 34.9 Å². The predicted molar refractivity (Wildman–Crippen MR) is 56.3 cm³/mol. The summed E-state index contributed by atoms with van der Waals surface area (Å²) in [6.07, 6.45) is -1.11. The van der Waals surface area contributed by atoms with Crippen molar-refractivity contribution < 1.29 is 9.90 Å². The average molecular weight is 213 g/mol. The van der Waals surface area contributed by atoms with Crippen LogP contribution in [-0.2, 0) is 4.79 Å². The minimum absolute atomic E-state index is 0.193. The molecule has 0 heterocycles. The highest BCUT2D eigenvalue weighted by Gasteiger charge is 2.21. The van der Waals surface area contributed by atoms with E-state index in [1.807, 2.05) is 0 Å². The number of halogens is 1. The zero-order valence-electron chi connectivity index (χ0n) is 8.20. The summed E-state index contributed by atoms with van der Waals surface area (Å²) < 4.78 is 0. The Balaban J connectivity index is 2.95. The average Bonchev–Trinajstić information content (AvgIpc) is 2.16. The van der Waals surface area contributed by atoms with Crippen molar-refractivity contribution in [3.8, 4) is 0 Å². The summed E-state index contributed by atoms with van der Waals surface area (Å²) in [5, 5.41) is 10.1. The first kappa shape index (κ1) is 11.2. The standard InChI is InChI=1S/C11H13ClO2/c1-7(2)10(13)11(14)8-5-3-4-6-9(8)12/h3-7,11,14H,1-2H3. The highest BCUT2D eigenvalue weighted by molar-refractivity contribution is 6.31. The van der Waals surface area contributed by atoms with Crippen molar-refractivity contribution in [1.82, 2.24) is 0 Å². The van der Waals surface area contributed by atoms with Crippen LogP contribution in [0.15, 0.2) is 24.3 Å². The van der Waals surface area contributed by atoms with Crippen molar-refractivity contribution in [1.29, 1.82) is 0 Å². The van der Waals surface area contributed by atoms with Gasteiger partial charge in [0.25, 0.3) is 0 Å². The van der Waals surface area contributed by atoms with Crippen LogP contribution in [0.3, 0.4) is 0 Å². The van der Waals surface area contributed by atoms with Crippen LogP contribution in [-0.4, -0.2) is 10.9 Å². The molecule has 1 aromatic carbocycles. The SMILES string of the molecule is CC(C)C(=O)C(O)c1ccccc1Cl. The molecule has 1 unspecified atom stereocenters. The lowest BCUT2D eigenvalue weighted by Crippen LogP contribution is -2.17. The fraction of sp³-hybridized carbons (Fsp3) is 0.364. The van der Waals surface area contributed by atoms with Crippen LogP contribution in [0.4, 0.5) is 0 Å². The molecule has 0 aliphatic carbocycles. The molecule has 0 aromatic heterocycles. The molecule has 1 rings (SSSR count). The molecule has 0 spiro atoms. The van der Waals surface area contributed by atoms with E-state index >= 15 is 0 Å². The Morgan fingerprint density at radius 3 is 2.43 bits per heavy atom. The number of Topliss-reactive ketones (excluding diaryl/α,β-unsaturated/α-hetero) is 1. The number of aliphatic hydroxyl groups excluding tert-OH is 1. The minimum atomic E-state index is -1.11. The highest BCUT2D eigenvalue weighted by Crippen LogP contribution is 2.24. The van der Waals surface area contributed by atoms with Gasteiger partial charge >= 0.3 is 0 Å². The first-order chi connectivity index (χ1) is 6.54. The normalized spacial score (nSPS) is 12.9. The second kappa shape index (κ2) is 4.58. The Kier molecular flexibility index (Phi) is 3.67. The minimum Gasteiger partial charge on any atom is -0.380 e. The molecule has 0 saturated heterocycles. The van der Waals surface area contributed by atoms with Crippen LogP contribution in [0.5, 0.6) is 0 Å². The van der Waals surface area contributed by atoms with Crippen molar-refractivity contribution in [2.24, 2.45) is 5.92 Å². The van der Waals surface area contributed by atoms with Gasteiger partial charge in [0.15, 0.2) is 5.78 Å². The molecular formula is C11H13ClO2. The highest BCUT2D eigenvalue weighted by atomic mass is 35.5. The van der Waals surface area contributed by atoms with Gasteiger partial charge in [0.1, 0.15) is 6.10 Å². The van der Waals surface area contributed by atoms with Crippen LogP contribution in [0.25, 0.3) is 0 Å². The van der Waals surface area contributed by atoms with E-state index in [-0.39, 0.29) is 11.7 Å². The molecule has 1 atom stereocenters. The Labute approximate surface area is 88.5 Å². The number of carbonyl (C=O) groups is 1. The Morgan fingerprint density at radius 1 is 1.36 bits per heavy atom. The summed E-state index contributed by atoms with van der Waals surface area (Å²) in [5.41, 5.74) is 0.480. The van der Waals surface area contributed by atoms with Gasteiger partial charge in [0, 0.05) is 16.5 Å². The molecule has 76 valence electrons. The maximum Gasteiger partial charge on any atom is 0.168 e. The number of aliphatic hydroxyl groups is 1. The maximum atomic E-state index is 11.5. The molecule has 0 fully saturated rings. The van der Waals surface area contributed by atoms with Gasteiger partial charge in [-0.15, -0.1) is 0 Å². The molecule has 0 aliphatic heterocycles. The quantitative estimate of drug-likeness (QED) is 0.836. The Bertz CT molecular complexity index is 334. The summed E-state index contributed by atoms with van der Waals surface area (Å²) in [6.45, 7) is 3.50. The van der Waals surface area contributed by atoms with Gasteiger partial charge in [-0.1, -0.05) is 43.6 Å². The van der Waals surface area contributed by atoms with Crippen molar-refractivity contribution in [3.63, 3.8) is 0 Å². The lowest BCUT2D eigenvalue weighted by Gasteiger charge is -2.13. The summed E-state index contributed by atoms with van der Waals surface area (Å²) in [4.78, 5) is 11.5. The number of rotatable bonds is 3. The first-order valence-corrected chi connectivity index (χ1v) is 4.88. The monoisotopic (exact) mass is 212 g/mol. The number of hydrogen-bond acceptors (Lipinski definition) is 2. The predicted octanol–water partition coefficient (Wildman–Crippen LogP) is 2.60. The number of hydrogen-bond donors (Lipinski definition) is 1. The summed E-state index contributed by atoms with van der Waals surface area (Å²) >= 11 is 5.86. The zero-order chi connectivity index (χ0) is 10.7. The van der Waals surface area contributed by atoms with Gasteiger partial charge in [0.2, 0.25) is 0 Å².